The number of para-hydroxylation sites is 1. The maximum absolute atomic E-state index is 10.2. The number of aromatic hydroxyl groups is 1. The first-order valence-corrected chi connectivity index (χ1v) is 7.71. The van der Waals surface area contributed by atoms with Gasteiger partial charge < -0.3 is 10.1 Å². The number of halogens is 1. The monoisotopic (exact) mass is 315 g/mol. The van der Waals surface area contributed by atoms with E-state index in [4.69, 9.17) is 11.6 Å². The number of rotatable bonds is 4. The molecular formula is C17H18ClN3O. The minimum Gasteiger partial charge on any atom is -0.492 e. The van der Waals surface area contributed by atoms with Crippen LogP contribution in [0.3, 0.4) is 0 Å². The van der Waals surface area contributed by atoms with Crippen molar-refractivity contribution in [1.82, 2.24) is 15.0 Å². The van der Waals surface area contributed by atoms with Crippen molar-refractivity contribution in [3.63, 3.8) is 0 Å². The number of nitrogens with zero attached hydrogens (tertiary/aromatic N) is 2. The number of hydrogen-bond donors (Lipinski definition) is 2. The summed E-state index contributed by atoms with van der Waals surface area (Å²) in [6, 6.07) is 8.03. The number of aromatic amines is 1. The molecule has 0 fully saturated rings. The Kier molecular flexibility index (Phi) is 4.03. The maximum Gasteiger partial charge on any atom is 0.233 e. The third kappa shape index (κ3) is 2.92. The molecule has 5 heteroatoms. The van der Waals surface area contributed by atoms with Gasteiger partial charge in [-0.3, -0.25) is 0 Å². The molecule has 0 aliphatic heterocycles. The fourth-order valence-electron chi connectivity index (χ4n) is 2.56. The van der Waals surface area contributed by atoms with Gasteiger partial charge in [0.15, 0.2) is 5.15 Å². The lowest BCUT2D eigenvalue weighted by molar-refractivity contribution is 0.438. The normalized spacial score (nSPS) is 11.5. The van der Waals surface area contributed by atoms with Crippen LogP contribution in [0.5, 0.6) is 5.88 Å². The van der Waals surface area contributed by atoms with Crippen molar-refractivity contribution in [1.29, 1.82) is 0 Å². The molecular weight excluding hydrogens is 298 g/mol. The van der Waals surface area contributed by atoms with Crippen LogP contribution in [-0.4, -0.2) is 20.1 Å². The summed E-state index contributed by atoms with van der Waals surface area (Å²) in [5.74, 6) is 0.371. The molecule has 0 bridgehead atoms. The second-order valence-corrected chi connectivity index (χ2v) is 6.22. The first kappa shape index (κ1) is 14.9. The summed E-state index contributed by atoms with van der Waals surface area (Å²) in [5, 5.41) is 11.7. The predicted molar refractivity (Wildman–Crippen MR) is 88.4 cm³/mol. The highest BCUT2D eigenvalue weighted by Crippen LogP contribution is 2.26. The summed E-state index contributed by atoms with van der Waals surface area (Å²) < 4.78 is 0. The van der Waals surface area contributed by atoms with Gasteiger partial charge in [0.25, 0.3) is 0 Å². The molecule has 0 atom stereocenters. The van der Waals surface area contributed by atoms with Crippen LogP contribution in [0.2, 0.25) is 5.15 Å². The van der Waals surface area contributed by atoms with Gasteiger partial charge in [0.2, 0.25) is 5.88 Å². The van der Waals surface area contributed by atoms with E-state index < -0.39 is 0 Å². The lowest BCUT2D eigenvalue weighted by atomic mass is 10.1. The van der Waals surface area contributed by atoms with E-state index in [9.17, 15) is 5.11 Å². The van der Waals surface area contributed by atoms with Gasteiger partial charge >= 0.3 is 0 Å². The van der Waals surface area contributed by atoms with Crippen LogP contribution in [0.1, 0.15) is 30.8 Å². The van der Waals surface area contributed by atoms with E-state index in [1.807, 2.05) is 30.5 Å². The summed E-state index contributed by atoms with van der Waals surface area (Å²) in [7, 11) is 0. The van der Waals surface area contributed by atoms with E-state index in [2.05, 4.69) is 28.8 Å². The topological polar surface area (TPSA) is 61.8 Å². The number of nitrogens with one attached hydrogen (secondary N) is 1. The van der Waals surface area contributed by atoms with Crippen molar-refractivity contribution in [3.05, 3.63) is 52.6 Å². The lowest BCUT2D eigenvalue weighted by Crippen LogP contribution is -2.03. The van der Waals surface area contributed by atoms with E-state index >= 15 is 0 Å². The summed E-state index contributed by atoms with van der Waals surface area (Å²) >= 11 is 6.21. The first-order valence-electron chi connectivity index (χ1n) is 7.34. The molecule has 0 unspecified atom stereocenters. The number of H-pyrrole nitrogens is 1. The van der Waals surface area contributed by atoms with Crippen molar-refractivity contribution in [3.8, 4) is 5.88 Å². The first-order chi connectivity index (χ1) is 10.5. The zero-order chi connectivity index (χ0) is 15.7. The molecule has 1 aromatic carbocycles. The molecule has 2 aromatic heterocycles. The van der Waals surface area contributed by atoms with Crippen LogP contribution < -0.4 is 0 Å². The molecule has 22 heavy (non-hydrogen) atoms. The van der Waals surface area contributed by atoms with Gasteiger partial charge in [0.05, 0.1) is 5.69 Å². The number of hydrogen-bond acceptors (Lipinski definition) is 3. The smallest absolute Gasteiger partial charge is 0.233 e. The Balaban J connectivity index is 1.94. The van der Waals surface area contributed by atoms with Crippen LogP contribution in [-0.2, 0) is 12.8 Å². The Bertz CT molecular complexity index is 811. The fourth-order valence-corrected chi connectivity index (χ4v) is 2.79. The van der Waals surface area contributed by atoms with Crippen molar-refractivity contribution in [2.24, 2.45) is 5.92 Å². The van der Waals surface area contributed by atoms with Gasteiger partial charge in [0, 0.05) is 23.5 Å². The molecule has 0 amide bonds. The molecule has 0 radical (unpaired) electrons. The van der Waals surface area contributed by atoms with Gasteiger partial charge in [-0.1, -0.05) is 43.6 Å². The third-order valence-corrected chi connectivity index (χ3v) is 3.91. The molecule has 2 N–H and O–H groups in total. The average Bonchev–Trinajstić information content (AvgIpc) is 2.87. The van der Waals surface area contributed by atoms with E-state index in [-0.39, 0.29) is 5.88 Å². The molecule has 0 aliphatic rings. The molecule has 0 spiro atoms. The Hall–Kier alpha value is -2.07. The van der Waals surface area contributed by atoms with Crippen LogP contribution in [0, 0.1) is 5.92 Å². The molecule has 4 nitrogen and oxygen atoms in total. The number of fused-ring (bicyclic) bond motifs is 1. The lowest BCUT2D eigenvalue weighted by Gasteiger charge is -2.09. The zero-order valence-corrected chi connectivity index (χ0v) is 13.4. The fraction of sp³-hybridized carbons (Fsp3) is 0.294. The zero-order valence-electron chi connectivity index (χ0n) is 12.6. The van der Waals surface area contributed by atoms with Crippen molar-refractivity contribution in [2.75, 3.05) is 0 Å². The highest BCUT2D eigenvalue weighted by atomic mass is 35.5. The highest BCUT2D eigenvalue weighted by Gasteiger charge is 2.15. The molecule has 3 aromatic rings. The van der Waals surface area contributed by atoms with Gasteiger partial charge in [-0.15, -0.1) is 0 Å². The van der Waals surface area contributed by atoms with Gasteiger partial charge in [-0.25, -0.2) is 9.97 Å². The molecule has 3 rings (SSSR count). The van der Waals surface area contributed by atoms with Crippen LogP contribution in [0.15, 0.2) is 30.5 Å². The standard InChI is InChI=1S/C17H18ClN3O/c1-10(2)7-14-16(18)20-15(17(22)21-14)8-11-9-19-13-6-4-3-5-12(11)13/h3-6,9-10,19H,7-8H2,1-2H3,(H,21,22). The van der Waals surface area contributed by atoms with Crippen LogP contribution in [0.25, 0.3) is 10.9 Å². The Morgan fingerprint density at radius 3 is 2.73 bits per heavy atom. The Labute approximate surface area is 134 Å². The minimum absolute atomic E-state index is 0.0367. The van der Waals surface area contributed by atoms with Gasteiger partial charge in [-0.2, -0.15) is 0 Å². The molecule has 0 saturated carbocycles. The summed E-state index contributed by atoms with van der Waals surface area (Å²) in [6.45, 7) is 4.16. The second-order valence-electron chi connectivity index (χ2n) is 5.87. The summed E-state index contributed by atoms with van der Waals surface area (Å²) in [4.78, 5) is 11.8. The molecule has 114 valence electrons. The second kappa shape index (κ2) is 5.97. The molecule has 0 aliphatic carbocycles. The molecule has 2 heterocycles. The van der Waals surface area contributed by atoms with E-state index in [1.165, 1.54) is 0 Å². The number of aromatic nitrogens is 3. The highest BCUT2D eigenvalue weighted by molar-refractivity contribution is 6.30. The van der Waals surface area contributed by atoms with Crippen molar-refractivity contribution in [2.45, 2.75) is 26.7 Å². The Morgan fingerprint density at radius 1 is 1.18 bits per heavy atom. The summed E-state index contributed by atoms with van der Waals surface area (Å²) in [5.41, 5.74) is 3.28. The van der Waals surface area contributed by atoms with Crippen LogP contribution >= 0.6 is 11.6 Å². The SMILES string of the molecule is CC(C)Cc1nc(O)c(Cc2c[nH]c3ccccc23)nc1Cl. The quantitative estimate of drug-likeness (QED) is 0.761. The van der Waals surface area contributed by atoms with Gasteiger partial charge in [-0.05, 0) is 24.0 Å². The molecule has 0 saturated heterocycles. The largest absolute Gasteiger partial charge is 0.492 e. The minimum atomic E-state index is -0.0367. The van der Waals surface area contributed by atoms with E-state index in [0.29, 0.717) is 35.3 Å². The van der Waals surface area contributed by atoms with E-state index in [0.717, 1.165) is 16.5 Å². The number of benzene rings is 1. The van der Waals surface area contributed by atoms with Gasteiger partial charge in [0.1, 0.15) is 5.69 Å². The average molecular weight is 316 g/mol. The Morgan fingerprint density at radius 2 is 1.95 bits per heavy atom. The summed E-state index contributed by atoms with van der Waals surface area (Å²) in [6.07, 6.45) is 3.12. The van der Waals surface area contributed by atoms with E-state index in [1.54, 1.807) is 0 Å². The predicted octanol–water partition coefficient (Wildman–Crippen LogP) is 4.11. The third-order valence-electron chi connectivity index (χ3n) is 3.60. The van der Waals surface area contributed by atoms with Crippen molar-refractivity contribution >= 4 is 22.5 Å². The van der Waals surface area contributed by atoms with Crippen molar-refractivity contribution < 1.29 is 5.11 Å². The van der Waals surface area contributed by atoms with Crippen LogP contribution in [0.4, 0.5) is 0 Å². The maximum atomic E-state index is 10.2.